The Balaban J connectivity index is 2.88. The zero-order chi connectivity index (χ0) is 16.3. The van der Waals surface area contributed by atoms with Crippen LogP contribution in [0.5, 0.6) is 0 Å². The predicted octanol–water partition coefficient (Wildman–Crippen LogP) is 1.01. The van der Waals surface area contributed by atoms with Gasteiger partial charge in [-0.3, -0.25) is 0 Å². The number of aliphatic hydroxyl groups is 1. The van der Waals surface area contributed by atoms with Gasteiger partial charge >= 0.3 is 5.97 Å². The summed E-state index contributed by atoms with van der Waals surface area (Å²) in [5, 5.41) is 10.1. The highest BCUT2D eigenvalue weighted by atomic mass is 32.2. The van der Waals surface area contributed by atoms with Crippen LogP contribution in [0.2, 0.25) is 0 Å². The van der Waals surface area contributed by atoms with Crippen molar-refractivity contribution in [2.75, 3.05) is 13.7 Å². The standard InChI is InChI=1S/C12H20N2O5S2/c1-8(2)5-12(3,16)6-14-21(17,18)11-9(10(15)19-4)13-7-20-11/h7-8,14,16H,5-6H2,1-4H3. The number of aromatic nitrogens is 1. The molecule has 0 bridgehead atoms. The molecule has 1 atom stereocenters. The Kier molecular flexibility index (Phi) is 5.85. The average molecular weight is 336 g/mol. The summed E-state index contributed by atoms with van der Waals surface area (Å²) in [6.07, 6.45) is 0.446. The Morgan fingerprint density at radius 2 is 2.19 bits per heavy atom. The Hall–Kier alpha value is -1.03. The summed E-state index contributed by atoms with van der Waals surface area (Å²) >= 11 is 0.821. The fourth-order valence-corrected chi connectivity index (χ4v) is 4.26. The van der Waals surface area contributed by atoms with E-state index in [1.54, 1.807) is 6.92 Å². The molecule has 120 valence electrons. The van der Waals surface area contributed by atoms with E-state index in [1.807, 2.05) is 13.8 Å². The smallest absolute Gasteiger partial charge is 0.358 e. The van der Waals surface area contributed by atoms with Crippen molar-refractivity contribution in [1.29, 1.82) is 0 Å². The molecule has 0 saturated heterocycles. The maximum absolute atomic E-state index is 12.2. The lowest BCUT2D eigenvalue weighted by molar-refractivity contribution is 0.0437. The molecule has 0 aromatic carbocycles. The van der Waals surface area contributed by atoms with Gasteiger partial charge in [-0.05, 0) is 19.3 Å². The predicted molar refractivity (Wildman–Crippen MR) is 78.7 cm³/mol. The van der Waals surface area contributed by atoms with Crippen LogP contribution in [0.4, 0.5) is 0 Å². The van der Waals surface area contributed by atoms with Gasteiger partial charge in [0.15, 0.2) is 9.90 Å². The monoisotopic (exact) mass is 336 g/mol. The lowest BCUT2D eigenvalue weighted by Gasteiger charge is -2.25. The normalized spacial score (nSPS) is 15.0. The molecule has 0 aliphatic rings. The number of carbonyl (C=O) groups is 1. The zero-order valence-electron chi connectivity index (χ0n) is 12.4. The summed E-state index contributed by atoms with van der Waals surface area (Å²) in [4.78, 5) is 15.2. The number of esters is 1. The molecule has 0 fully saturated rings. The molecule has 21 heavy (non-hydrogen) atoms. The van der Waals surface area contributed by atoms with Crippen molar-refractivity contribution >= 4 is 27.3 Å². The number of carbonyl (C=O) groups excluding carboxylic acids is 1. The molecule has 9 heteroatoms. The molecule has 1 rings (SSSR count). The van der Waals surface area contributed by atoms with Crippen LogP contribution in [0.3, 0.4) is 0 Å². The Labute approximate surface area is 128 Å². The van der Waals surface area contributed by atoms with Crippen molar-refractivity contribution in [2.24, 2.45) is 5.92 Å². The SMILES string of the molecule is COC(=O)c1ncsc1S(=O)(=O)NCC(C)(O)CC(C)C. The van der Waals surface area contributed by atoms with E-state index < -0.39 is 21.6 Å². The average Bonchev–Trinajstić information content (AvgIpc) is 2.84. The molecule has 1 aromatic heterocycles. The van der Waals surface area contributed by atoms with Gasteiger partial charge < -0.3 is 9.84 Å². The Morgan fingerprint density at radius 1 is 1.57 bits per heavy atom. The van der Waals surface area contributed by atoms with Crippen molar-refractivity contribution in [3.05, 3.63) is 11.2 Å². The number of methoxy groups -OCH3 is 1. The van der Waals surface area contributed by atoms with Crippen LogP contribution in [0.1, 0.15) is 37.7 Å². The van der Waals surface area contributed by atoms with E-state index in [2.05, 4.69) is 14.4 Å². The zero-order valence-corrected chi connectivity index (χ0v) is 14.0. The first-order valence-corrected chi connectivity index (χ1v) is 8.69. The first kappa shape index (κ1) is 18.0. The van der Waals surface area contributed by atoms with E-state index in [-0.39, 0.29) is 22.4 Å². The maximum atomic E-state index is 12.2. The van der Waals surface area contributed by atoms with Crippen LogP contribution in [-0.4, -0.2) is 43.7 Å². The number of nitrogens with zero attached hydrogens (tertiary/aromatic N) is 1. The van der Waals surface area contributed by atoms with Gasteiger partial charge in [-0.25, -0.2) is 22.9 Å². The number of ether oxygens (including phenoxy) is 1. The minimum Gasteiger partial charge on any atom is -0.464 e. The number of rotatable bonds is 7. The number of hydrogen-bond donors (Lipinski definition) is 2. The quantitative estimate of drug-likeness (QED) is 0.720. The fourth-order valence-electron chi connectivity index (χ4n) is 1.93. The summed E-state index contributed by atoms with van der Waals surface area (Å²) in [6, 6.07) is 0. The lowest BCUT2D eigenvalue weighted by atomic mass is 9.95. The molecular weight excluding hydrogens is 316 g/mol. The van der Waals surface area contributed by atoms with Crippen molar-refractivity contribution in [3.8, 4) is 0 Å². The molecule has 0 saturated carbocycles. The van der Waals surface area contributed by atoms with Gasteiger partial charge in [0, 0.05) is 6.54 Å². The van der Waals surface area contributed by atoms with E-state index >= 15 is 0 Å². The van der Waals surface area contributed by atoms with E-state index in [1.165, 1.54) is 5.51 Å². The van der Waals surface area contributed by atoms with E-state index in [9.17, 15) is 18.3 Å². The summed E-state index contributed by atoms with van der Waals surface area (Å²) in [5.41, 5.74) is -0.164. The first-order valence-electron chi connectivity index (χ1n) is 6.33. The topological polar surface area (TPSA) is 106 Å². The van der Waals surface area contributed by atoms with Crippen molar-refractivity contribution in [1.82, 2.24) is 9.71 Å². The van der Waals surface area contributed by atoms with E-state index in [0.717, 1.165) is 18.4 Å². The minimum absolute atomic E-state index is 0.147. The van der Waals surface area contributed by atoms with E-state index in [4.69, 9.17) is 0 Å². The number of sulfonamides is 1. The molecule has 0 spiro atoms. The summed E-state index contributed by atoms with van der Waals surface area (Å²) in [7, 11) is -2.77. The largest absolute Gasteiger partial charge is 0.464 e. The van der Waals surface area contributed by atoms with Gasteiger partial charge in [0.2, 0.25) is 0 Å². The second-order valence-corrected chi connectivity index (χ2v) is 8.22. The van der Waals surface area contributed by atoms with Crippen molar-refractivity contribution < 1.29 is 23.1 Å². The number of thiazole rings is 1. The van der Waals surface area contributed by atoms with Crippen LogP contribution in [0.15, 0.2) is 9.72 Å². The molecule has 1 heterocycles. The summed E-state index contributed by atoms with van der Waals surface area (Å²) < 4.78 is 31.0. The molecule has 2 N–H and O–H groups in total. The third-order valence-electron chi connectivity index (χ3n) is 2.65. The van der Waals surface area contributed by atoms with Gasteiger partial charge in [-0.15, -0.1) is 11.3 Å². The van der Waals surface area contributed by atoms with Crippen LogP contribution in [-0.2, 0) is 14.8 Å². The van der Waals surface area contributed by atoms with Crippen molar-refractivity contribution in [2.45, 2.75) is 37.0 Å². The third kappa shape index (κ3) is 5.03. The molecule has 0 amide bonds. The van der Waals surface area contributed by atoms with Gasteiger partial charge in [-0.2, -0.15) is 0 Å². The van der Waals surface area contributed by atoms with E-state index in [0.29, 0.717) is 6.42 Å². The summed E-state index contributed by atoms with van der Waals surface area (Å²) in [6.45, 7) is 5.28. The highest BCUT2D eigenvalue weighted by molar-refractivity contribution is 7.91. The molecule has 0 aliphatic heterocycles. The van der Waals surface area contributed by atoms with Crippen LogP contribution in [0, 0.1) is 5.92 Å². The van der Waals surface area contributed by atoms with Crippen LogP contribution >= 0.6 is 11.3 Å². The molecule has 0 radical (unpaired) electrons. The van der Waals surface area contributed by atoms with Gasteiger partial charge in [0.05, 0.1) is 18.2 Å². The molecule has 1 aromatic rings. The first-order chi connectivity index (χ1) is 9.59. The molecular formula is C12H20N2O5S2. The third-order valence-corrected chi connectivity index (χ3v) is 5.42. The minimum atomic E-state index is -3.93. The van der Waals surface area contributed by atoms with Gasteiger partial charge in [0.25, 0.3) is 10.0 Å². The summed E-state index contributed by atoms with van der Waals surface area (Å²) in [5.74, 6) is -0.593. The van der Waals surface area contributed by atoms with Crippen molar-refractivity contribution in [3.63, 3.8) is 0 Å². The Bertz CT molecular complexity index is 593. The highest BCUT2D eigenvalue weighted by Crippen LogP contribution is 2.22. The van der Waals surface area contributed by atoms with Gasteiger partial charge in [0.1, 0.15) is 0 Å². The number of nitrogens with one attached hydrogen (secondary N) is 1. The Morgan fingerprint density at radius 3 is 2.71 bits per heavy atom. The van der Waals surface area contributed by atoms with Gasteiger partial charge in [-0.1, -0.05) is 13.8 Å². The molecule has 1 unspecified atom stereocenters. The van der Waals surface area contributed by atoms with Crippen LogP contribution < -0.4 is 4.72 Å². The fraction of sp³-hybridized carbons (Fsp3) is 0.667. The second-order valence-electron chi connectivity index (χ2n) is 5.40. The highest BCUT2D eigenvalue weighted by Gasteiger charge is 2.29. The molecule has 7 nitrogen and oxygen atoms in total. The molecule has 0 aliphatic carbocycles. The second kappa shape index (κ2) is 6.82. The maximum Gasteiger partial charge on any atom is 0.358 e. The van der Waals surface area contributed by atoms with Crippen LogP contribution in [0.25, 0.3) is 0 Å². The lowest BCUT2D eigenvalue weighted by Crippen LogP contribution is -2.41. The number of hydrogen-bond acceptors (Lipinski definition) is 7.